The fourth-order valence-corrected chi connectivity index (χ4v) is 3.04. The van der Waals surface area contributed by atoms with E-state index in [0.717, 1.165) is 16.3 Å². The topological polar surface area (TPSA) is 80.9 Å². The number of aromatic nitrogens is 2. The molecule has 2 rings (SSSR count). The van der Waals surface area contributed by atoms with Gasteiger partial charge < -0.3 is 11.1 Å². The van der Waals surface area contributed by atoms with Gasteiger partial charge >= 0.3 is 0 Å². The number of nitrogens with one attached hydrogen (secondary N) is 1. The molecule has 0 aliphatic rings. The van der Waals surface area contributed by atoms with Crippen LogP contribution in [0.3, 0.4) is 0 Å². The van der Waals surface area contributed by atoms with Crippen LogP contribution in [-0.4, -0.2) is 22.4 Å². The summed E-state index contributed by atoms with van der Waals surface area (Å²) in [5.74, 6) is 0.0722. The van der Waals surface area contributed by atoms with E-state index >= 15 is 0 Å². The monoisotopic (exact) mass is 390 g/mol. The van der Waals surface area contributed by atoms with Gasteiger partial charge in [0.15, 0.2) is 0 Å². The Kier molecular flexibility index (Phi) is 10.1. The second kappa shape index (κ2) is 10.6. The number of nitrogens with two attached hydrogens (primary N) is 1. The Labute approximate surface area is 159 Å². The van der Waals surface area contributed by atoms with Gasteiger partial charge in [-0.05, 0) is 31.0 Å². The lowest BCUT2D eigenvalue weighted by molar-refractivity contribution is 0.0919. The van der Waals surface area contributed by atoms with Crippen LogP contribution in [0.2, 0.25) is 0 Å². The average Bonchev–Trinajstić information content (AvgIpc) is 2.94. The van der Waals surface area contributed by atoms with E-state index in [9.17, 15) is 4.79 Å². The number of rotatable bonds is 6. The highest BCUT2D eigenvalue weighted by Gasteiger charge is 2.22. The second-order valence-electron chi connectivity index (χ2n) is 5.57. The first-order chi connectivity index (χ1) is 10.5. The van der Waals surface area contributed by atoms with Gasteiger partial charge in [-0.3, -0.25) is 9.78 Å². The van der Waals surface area contributed by atoms with Gasteiger partial charge in [-0.2, -0.15) is 0 Å². The molecule has 0 aromatic carbocycles. The van der Waals surface area contributed by atoms with E-state index in [4.69, 9.17) is 5.73 Å². The third kappa shape index (κ3) is 5.70. The van der Waals surface area contributed by atoms with Crippen LogP contribution in [0.1, 0.15) is 46.6 Å². The molecular formula is C16H24Cl2N4OS. The molecule has 0 aliphatic carbocycles. The van der Waals surface area contributed by atoms with Crippen molar-refractivity contribution >= 4 is 42.1 Å². The molecule has 0 radical (unpaired) electrons. The Balaban J connectivity index is 0.00000264. The number of aryl methyl sites for hydroxylation is 1. The van der Waals surface area contributed by atoms with Gasteiger partial charge in [0.2, 0.25) is 0 Å². The molecule has 0 fully saturated rings. The maximum absolute atomic E-state index is 12.4. The predicted octanol–water partition coefficient (Wildman–Crippen LogP) is 3.32. The summed E-state index contributed by atoms with van der Waals surface area (Å²) in [6, 6.07) is 3.78. The van der Waals surface area contributed by atoms with Crippen LogP contribution in [0.15, 0.2) is 23.7 Å². The Bertz CT molecular complexity index is 649. The summed E-state index contributed by atoms with van der Waals surface area (Å²) >= 11 is 1.47. The maximum atomic E-state index is 12.4. The van der Waals surface area contributed by atoms with Crippen molar-refractivity contribution < 1.29 is 4.79 Å². The lowest BCUT2D eigenvalue weighted by Gasteiger charge is -2.23. The van der Waals surface area contributed by atoms with E-state index in [1.807, 2.05) is 19.1 Å². The van der Waals surface area contributed by atoms with Crippen LogP contribution in [0.4, 0.5) is 0 Å². The number of amides is 1. The smallest absolute Gasteiger partial charge is 0.271 e. The number of carbonyl (C=O) groups is 1. The molecule has 3 N–H and O–H groups in total. The Morgan fingerprint density at radius 2 is 2.08 bits per heavy atom. The van der Waals surface area contributed by atoms with Crippen LogP contribution in [0, 0.1) is 12.8 Å². The van der Waals surface area contributed by atoms with Crippen molar-refractivity contribution in [2.45, 2.75) is 33.2 Å². The second-order valence-corrected chi connectivity index (χ2v) is 6.51. The summed E-state index contributed by atoms with van der Waals surface area (Å²) in [4.78, 5) is 21.2. The molecular weight excluding hydrogens is 367 g/mol. The number of thiazole rings is 1. The van der Waals surface area contributed by atoms with E-state index in [0.29, 0.717) is 18.7 Å². The molecule has 0 aliphatic heterocycles. The zero-order valence-corrected chi connectivity index (χ0v) is 16.4. The number of pyridine rings is 1. The molecule has 1 unspecified atom stereocenters. The molecule has 2 aromatic heterocycles. The van der Waals surface area contributed by atoms with Crippen LogP contribution in [0.25, 0.3) is 0 Å². The van der Waals surface area contributed by atoms with Gasteiger partial charge in [0.05, 0.1) is 16.7 Å². The molecule has 5 nitrogen and oxygen atoms in total. The maximum Gasteiger partial charge on any atom is 0.271 e. The molecule has 2 heterocycles. The minimum atomic E-state index is -0.164. The van der Waals surface area contributed by atoms with E-state index in [-0.39, 0.29) is 42.7 Å². The van der Waals surface area contributed by atoms with Crippen molar-refractivity contribution in [3.05, 3.63) is 45.7 Å². The number of hydrogen-bond acceptors (Lipinski definition) is 5. The highest BCUT2D eigenvalue weighted by atomic mass is 35.5. The van der Waals surface area contributed by atoms with Crippen molar-refractivity contribution in [3.8, 4) is 0 Å². The van der Waals surface area contributed by atoms with Gasteiger partial charge in [0, 0.05) is 18.0 Å². The van der Waals surface area contributed by atoms with Crippen molar-refractivity contribution in [2.75, 3.05) is 6.54 Å². The lowest BCUT2D eigenvalue weighted by atomic mass is 9.97. The standard InChI is InChI=1S/C16H22N4OS.2ClH/c1-10(2)14(15-11(3)5-4-8-18-15)20-16(21)12-9-22-13(19-12)6-7-17;;/h4-5,8-10,14H,6-7,17H2,1-3H3,(H,20,21);2*1H. The first-order valence-corrected chi connectivity index (χ1v) is 8.27. The number of carbonyl (C=O) groups excluding carboxylic acids is 1. The van der Waals surface area contributed by atoms with Crippen LogP contribution in [0.5, 0.6) is 0 Å². The first kappa shape index (κ1) is 22.8. The fraction of sp³-hybridized carbons (Fsp3) is 0.438. The summed E-state index contributed by atoms with van der Waals surface area (Å²) in [6.45, 7) is 6.68. The number of halogens is 2. The molecule has 0 spiro atoms. The third-order valence-corrected chi connectivity index (χ3v) is 4.35. The molecule has 2 aromatic rings. The molecule has 1 amide bonds. The minimum absolute atomic E-state index is 0. The van der Waals surface area contributed by atoms with Crippen molar-refractivity contribution in [1.82, 2.24) is 15.3 Å². The summed E-state index contributed by atoms with van der Waals surface area (Å²) in [5.41, 5.74) is 7.95. The van der Waals surface area contributed by atoms with E-state index in [1.54, 1.807) is 11.6 Å². The number of hydrogen-bond donors (Lipinski definition) is 2. The third-order valence-electron chi connectivity index (χ3n) is 3.44. The predicted molar refractivity (Wildman–Crippen MR) is 103 cm³/mol. The first-order valence-electron chi connectivity index (χ1n) is 7.39. The van der Waals surface area contributed by atoms with Gasteiger partial charge in [-0.1, -0.05) is 19.9 Å². The molecule has 24 heavy (non-hydrogen) atoms. The quantitative estimate of drug-likeness (QED) is 0.792. The molecule has 8 heteroatoms. The van der Waals surface area contributed by atoms with Crippen molar-refractivity contribution in [2.24, 2.45) is 11.7 Å². The zero-order chi connectivity index (χ0) is 16.1. The fourth-order valence-electron chi connectivity index (χ4n) is 2.24. The van der Waals surface area contributed by atoms with Crippen LogP contribution >= 0.6 is 36.2 Å². The molecule has 0 saturated carbocycles. The summed E-state index contributed by atoms with van der Waals surface area (Å²) in [6.07, 6.45) is 2.46. The normalized spacial score (nSPS) is 11.4. The summed E-state index contributed by atoms with van der Waals surface area (Å²) < 4.78 is 0. The summed E-state index contributed by atoms with van der Waals surface area (Å²) in [5, 5.41) is 5.73. The van der Waals surface area contributed by atoms with Gasteiger partial charge in [0.25, 0.3) is 5.91 Å². The minimum Gasteiger partial charge on any atom is -0.342 e. The Hall–Kier alpha value is -1.21. The van der Waals surface area contributed by atoms with Crippen LogP contribution < -0.4 is 11.1 Å². The Morgan fingerprint density at radius 3 is 2.67 bits per heavy atom. The number of nitrogens with zero attached hydrogens (tertiary/aromatic N) is 2. The zero-order valence-electron chi connectivity index (χ0n) is 14.0. The highest BCUT2D eigenvalue weighted by molar-refractivity contribution is 7.09. The van der Waals surface area contributed by atoms with E-state index in [1.165, 1.54) is 11.3 Å². The molecule has 1 atom stereocenters. The van der Waals surface area contributed by atoms with Gasteiger partial charge in [-0.15, -0.1) is 36.2 Å². The molecule has 134 valence electrons. The largest absolute Gasteiger partial charge is 0.342 e. The molecule has 0 bridgehead atoms. The Morgan fingerprint density at radius 1 is 1.38 bits per heavy atom. The van der Waals surface area contributed by atoms with Crippen molar-refractivity contribution in [1.29, 1.82) is 0 Å². The lowest BCUT2D eigenvalue weighted by Crippen LogP contribution is -2.33. The SMILES string of the molecule is Cc1cccnc1C(NC(=O)c1csc(CCN)n1)C(C)C.Cl.Cl. The van der Waals surface area contributed by atoms with E-state index in [2.05, 4.69) is 29.1 Å². The molecule has 0 saturated heterocycles. The highest BCUT2D eigenvalue weighted by Crippen LogP contribution is 2.23. The van der Waals surface area contributed by atoms with E-state index < -0.39 is 0 Å². The van der Waals surface area contributed by atoms with Gasteiger partial charge in [-0.25, -0.2) is 4.98 Å². The van der Waals surface area contributed by atoms with Crippen molar-refractivity contribution in [3.63, 3.8) is 0 Å². The summed E-state index contributed by atoms with van der Waals surface area (Å²) in [7, 11) is 0. The average molecular weight is 391 g/mol. The van der Waals surface area contributed by atoms with Gasteiger partial charge in [0.1, 0.15) is 5.69 Å². The van der Waals surface area contributed by atoms with Crippen LogP contribution in [-0.2, 0) is 6.42 Å².